The van der Waals surface area contributed by atoms with Crippen LogP contribution in [0.3, 0.4) is 0 Å². The van der Waals surface area contributed by atoms with E-state index in [1.54, 1.807) is 11.8 Å². The molecule has 6 heteroatoms. The summed E-state index contributed by atoms with van der Waals surface area (Å²) in [7, 11) is 0. The molecule has 0 aliphatic carbocycles. The van der Waals surface area contributed by atoms with E-state index < -0.39 is 0 Å². The molecule has 1 aromatic heterocycles. The zero-order valence-electron chi connectivity index (χ0n) is 12.4. The highest BCUT2D eigenvalue weighted by atomic mass is 32.2. The largest absolute Gasteiger partial charge is 0.463 e. The number of nitrogens with zero attached hydrogens (tertiary/aromatic N) is 3. The Labute approximate surface area is 129 Å². The van der Waals surface area contributed by atoms with Gasteiger partial charge in [0.25, 0.3) is 0 Å². The maximum Gasteiger partial charge on any atom is 0.322 e. The van der Waals surface area contributed by atoms with Gasteiger partial charge in [0.05, 0.1) is 6.61 Å². The van der Waals surface area contributed by atoms with Gasteiger partial charge in [0.2, 0.25) is 5.95 Å². The van der Waals surface area contributed by atoms with Gasteiger partial charge >= 0.3 is 6.01 Å². The Hall–Kier alpha value is -1.82. The number of anilines is 1. The molecular formula is C15H20N4OS. The monoisotopic (exact) mass is 304 g/mol. The third-order valence-corrected chi connectivity index (χ3v) is 3.49. The Bertz CT molecular complexity index is 551. The minimum absolute atomic E-state index is 0.387. The van der Waals surface area contributed by atoms with Gasteiger partial charge in [0, 0.05) is 12.3 Å². The molecule has 0 bridgehead atoms. The van der Waals surface area contributed by atoms with Gasteiger partial charge < -0.3 is 10.1 Å². The van der Waals surface area contributed by atoms with E-state index >= 15 is 0 Å². The van der Waals surface area contributed by atoms with E-state index in [1.807, 2.05) is 25.1 Å². The maximum atomic E-state index is 5.52. The van der Waals surface area contributed by atoms with Crippen LogP contribution >= 0.6 is 11.8 Å². The van der Waals surface area contributed by atoms with Crippen molar-refractivity contribution in [2.75, 3.05) is 18.5 Å². The van der Waals surface area contributed by atoms with Crippen LogP contribution in [0.15, 0.2) is 35.5 Å². The molecular weight excluding hydrogens is 284 g/mol. The lowest BCUT2D eigenvalue weighted by molar-refractivity contribution is 0.288. The van der Waals surface area contributed by atoms with Crippen LogP contribution in [0.5, 0.6) is 6.01 Å². The van der Waals surface area contributed by atoms with Crippen LogP contribution in [0.4, 0.5) is 5.95 Å². The van der Waals surface area contributed by atoms with Gasteiger partial charge in [0.1, 0.15) is 0 Å². The van der Waals surface area contributed by atoms with Crippen molar-refractivity contribution in [2.45, 2.75) is 31.2 Å². The van der Waals surface area contributed by atoms with Crippen LogP contribution in [0.1, 0.15) is 25.8 Å². The van der Waals surface area contributed by atoms with Crippen molar-refractivity contribution in [1.82, 2.24) is 15.0 Å². The highest BCUT2D eigenvalue weighted by molar-refractivity contribution is 7.98. The predicted octanol–water partition coefficient (Wildman–Crippen LogP) is 3.38. The molecule has 0 fully saturated rings. The standard InChI is InChI=1S/C15H20N4OS/c1-3-10-20-14-17-13(16-4-2)18-15(19-14)21-11-12-8-6-5-7-9-12/h5-9H,3-4,10-11H2,1-2H3,(H,16,17,18,19). The molecule has 0 radical (unpaired) electrons. The molecule has 0 unspecified atom stereocenters. The zero-order valence-corrected chi connectivity index (χ0v) is 13.2. The van der Waals surface area contributed by atoms with Crippen molar-refractivity contribution in [3.63, 3.8) is 0 Å². The molecule has 1 N–H and O–H groups in total. The third-order valence-electron chi connectivity index (χ3n) is 2.58. The summed E-state index contributed by atoms with van der Waals surface area (Å²) >= 11 is 1.58. The molecule has 1 heterocycles. The Kier molecular flexibility index (Phi) is 6.27. The Balaban J connectivity index is 2.07. The van der Waals surface area contributed by atoms with E-state index in [0.29, 0.717) is 23.7 Å². The average Bonchev–Trinajstić information content (AvgIpc) is 2.52. The number of rotatable bonds is 8. The number of thioether (sulfide) groups is 1. The number of hydrogen-bond acceptors (Lipinski definition) is 6. The molecule has 21 heavy (non-hydrogen) atoms. The summed E-state index contributed by atoms with van der Waals surface area (Å²) in [5.41, 5.74) is 1.24. The molecule has 0 spiro atoms. The van der Waals surface area contributed by atoms with Crippen LogP contribution in [0, 0.1) is 0 Å². The minimum atomic E-state index is 0.387. The molecule has 0 atom stereocenters. The van der Waals surface area contributed by atoms with Gasteiger partial charge in [-0.05, 0) is 18.9 Å². The lowest BCUT2D eigenvalue weighted by atomic mass is 10.2. The zero-order chi connectivity index (χ0) is 14.9. The number of nitrogens with one attached hydrogen (secondary N) is 1. The smallest absolute Gasteiger partial charge is 0.322 e. The van der Waals surface area contributed by atoms with Crippen LogP contribution < -0.4 is 10.1 Å². The van der Waals surface area contributed by atoms with Gasteiger partial charge in [-0.25, -0.2) is 0 Å². The number of hydrogen-bond donors (Lipinski definition) is 1. The minimum Gasteiger partial charge on any atom is -0.463 e. The maximum absolute atomic E-state index is 5.52. The van der Waals surface area contributed by atoms with Crippen molar-refractivity contribution < 1.29 is 4.74 Å². The van der Waals surface area contributed by atoms with Crippen LogP contribution in [-0.4, -0.2) is 28.1 Å². The molecule has 0 saturated carbocycles. The second kappa shape index (κ2) is 8.46. The van der Waals surface area contributed by atoms with Gasteiger partial charge in [-0.1, -0.05) is 49.0 Å². The summed E-state index contributed by atoms with van der Waals surface area (Å²) in [6, 6.07) is 10.6. The molecule has 0 saturated heterocycles. The van der Waals surface area contributed by atoms with E-state index in [2.05, 4.69) is 39.3 Å². The van der Waals surface area contributed by atoms with Gasteiger partial charge in [-0.2, -0.15) is 15.0 Å². The molecule has 2 aromatic rings. The van der Waals surface area contributed by atoms with E-state index in [0.717, 1.165) is 18.7 Å². The van der Waals surface area contributed by atoms with Gasteiger partial charge in [-0.15, -0.1) is 0 Å². The summed E-state index contributed by atoms with van der Waals surface area (Å²) < 4.78 is 5.52. The number of aromatic nitrogens is 3. The van der Waals surface area contributed by atoms with Gasteiger partial charge in [-0.3, -0.25) is 0 Å². The molecule has 0 aliphatic heterocycles. The predicted molar refractivity (Wildman–Crippen MR) is 85.8 cm³/mol. The summed E-state index contributed by atoms with van der Waals surface area (Å²) in [5, 5.41) is 3.78. The van der Waals surface area contributed by atoms with Crippen molar-refractivity contribution in [1.29, 1.82) is 0 Å². The van der Waals surface area contributed by atoms with Crippen LogP contribution in [0.25, 0.3) is 0 Å². The normalized spacial score (nSPS) is 10.4. The lowest BCUT2D eigenvalue weighted by Gasteiger charge is -2.08. The highest BCUT2D eigenvalue weighted by Gasteiger charge is 2.08. The fourth-order valence-corrected chi connectivity index (χ4v) is 2.40. The first-order valence-corrected chi connectivity index (χ1v) is 8.09. The second-order valence-electron chi connectivity index (χ2n) is 4.38. The first-order chi connectivity index (χ1) is 10.3. The number of benzene rings is 1. The van der Waals surface area contributed by atoms with E-state index in [-0.39, 0.29) is 0 Å². The Morgan fingerprint density at radius 1 is 1.10 bits per heavy atom. The fourth-order valence-electron chi connectivity index (χ4n) is 1.62. The molecule has 0 amide bonds. The molecule has 2 rings (SSSR count). The topological polar surface area (TPSA) is 59.9 Å². The van der Waals surface area contributed by atoms with Crippen molar-refractivity contribution >= 4 is 17.7 Å². The highest BCUT2D eigenvalue weighted by Crippen LogP contribution is 2.21. The van der Waals surface area contributed by atoms with Crippen molar-refractivity contribution in [3.8, 4) is 6.01 Å². The van der Waals surface area contributed by atoms with E-state index in [1.165, 1.54) is 5.56 Å². The molecule has 5 nitrogen and oxygen atoms in total. The first-order valence-electron chi connectivity index (χ1n) is 7.11. The summed E-state index contributed by atoms with van der Waals surface area (Å²) in [4.78, 5) is 13.0. The van der Waals surface area contributed by atoms with Gasteiger partial charge in [0.15, 0.2) is 5.16 Å². The summed E-state index contributed by atoms with van der Waals surface area (Å²) in [6.45, 7) is 5.43. The quantitative estimate of drug-likeness (QED) is 0.754. The van der Waals surface area contributed by atoms with Crippen LogP contribution in [0.2, 0.25) is 0 Å². The summed E-state index contributed by atoms with van der Waals surface area (Å²) in [5.74, 6) is 1.39. The molecule has 112 valence electrons. The second-order valence-corrected chi connectivity index (χ2v) is 5.32. The Morgan fingerprint density at radius 3 is 2.62 bits per heavy atom. The van der Waals surface area contributed by atoms with E-state index in [4.69, 9.17) is 4.74 Å². The first kappa shape index (κ1) is 15.6. The van der Waals surface area contributed by atoms with E-state index in [9.17, 15) is 0 Å². The van der Waals surface area contributed by atoms with Crippen molar-refractivity contribution in [3.05, 3.63) is 35.9 Å². The summed E-state index contributed by atoms with van der Waals surface area (Å²) in [6.07, 6.45) is 0.925. The fraction of sp³-hybridized carbons (Fsp3) is 0.400. The average molecular weight is 304 g/mol. The molecule has 1 aromatic carbocycles. The molecule has 0 aliphatic rings. The van der Waals surface area contributed by atoms with Crippen LogP contribution in [-0.2, 0) is 5.75 Å². The third kappa shape index (κ3) is 5.23. The SMILES string of the molecule is CCCOc1nc(NCC)nc(SCc2ccccc2)n1. The van der Waals surface area contributed by atoms with Crippen molar-refractivity contribution in [2.24, 2.45) is 0 Å². The lowest BCUT2D eigenvalue weighted by Crippen LogP contribution is -2.08. The number of ether oxygens (including phenoxy) is 1. The Morgan fingerprint density at radius 2 is 1.90 bits per heavy atom.